The van der Waals surface area contributed by atoms with Gasteiger partial charge in [-0.1, -0.05) is 18.2 Å². The number of rotatable bonds is 1. The van der Waals surface area contributed by atoms with Crippen LogP contribution >= 0.6 is 0 Å². The highest BCUT2D eigenvalue weighted by Crippen LogP contribution is 2.23. The van der Waals surface area contributed by atoms with Gasteiger partial charge in [-0.3, -0.25) is 0 Å². The quantitative estimate of drug-likeness (QED) is 0.727. The molecule has 1 aromatic carbocycles. The molecular formula is C13H13N3. The van der Waals surface area contributed by atoms with Crippen molar-refractivity contribution >= 4 is 16.7 Å². The fourth-order valence-electron chi connectivity index (χ4n) is 1.76. The van der Waals surface area contributed by atoms with Crippen molar-refractivity contribution in [2.45, 2.75) is 6.92 Å². The van der Waals surface area contributed by atoms with Crippen molar-refractivity contribution in [2.24, 2.45) is 0 Å². The van der Waals surface area contributed by atoms with Crippen LogP contribution in [0.3, 0.4) is 0 Å². The van der Waals surface area contributed by atoms with E-state index in [0.29, 0.717) is 5.56 Å². The van der Waals surface area contributed by atoms with E-state index in [1.807, 2.05) is 50.2 Å². The third-order valence-electron chi connectivity index (χ3n) is 2.57. The number of hydrogen-bond acceptors (Lipinski definition) is 3. The molecule has 0 fully saturated rings. The average molecular weight is 211 g/mol. The first kappa shape index (κ1) is 10.4. The summed E-state index contributed by atoms with van der Waals surface area (Å²) in [5.74, 6) is 0.726. The summed E-state index contributed by atoms with van der Waals surface area (Å²) in [4.78, 5) is 6.41. The normalized spacial score (nSPS) is 10.1. The zero-order valence-corrected chi connectivity index (χ0v) is 9.65. The fourth-order valence-corrected chi connectivity index (χ4v) is 1.76. The lowest BCUT2D eigenvalue weighted by Gasteiger charge is -2.14. The molecule has 0 aliphatic heterocycles. The highest BCUT2D eigenvalue weighted by atomic mass is 15.1. The van der Waals surface area contributed by atoms with Gasteiger partial charge in [0.25, 0.3) is 0 Å². The maximum Gasteiger partial charge on any atom is 0.146 e. The summed E-state index contributed by atoms with van der Waals surface area (Å²) in [6, 6.07) is 10.1. The average Bonchev–Trinajstić information content (AvgIpc) is 2.27. The van der Waals surface area contributed by atoms with Crippen LogP contribution in [0.15, 0.2) is 24.3 Å². The zero-order valence-electron chi connectivity index (χ0n) is 9.65. The number of aryl methyl sites for hydroxylation is 1. The number of pyridine rings is 1. The lowest BCUT2D eigenvalue weighted by Crippen LogP contribution is -2.12. The molecule has 0 atom stereocenters. The Morgan fingerprint density at radius 1 is 1.31 bits per heavy atom. The first-order valence-electron chi connectivity index (χ1n) is 5.11. The van der Waals surface area contributed by atoms with Gasteiger partial charge >= 0.3 is 0 Å². The Hall–Kier alpha value is -2.08. The first-order chi connectivity index (χ1) is 7.63. The van der Waals surface area contributed by atoms with E-state index in [4.69, 9.17) is 5.26 Å². The first-order valence-corrected chi connectivity index (χ1v) is 5.11. The maximum atomic E-state index is 9.08. The van der Waals surface area contributed by atoms with Crippen molar-refractivity contribution in [2.75, 3.05) is 19.0 Å². The molecule has 0 amide bonds. The second-order valence-electron chi connectivity index (χ2n) is 4.01. The molecule has 0 aliphatic rings. The van der Waals surface area contributed by atoms with E-state index in [0.717, 1.165) is 22.3 Å². The molecule has 0 saturated carbocycles. The van der Waals surface area contributed by atoms with Crippen LogP contribution in [-0.4, -0.2) is 19.1 Å². The van der Waals surface area contributed by atoms with Gasteiger partial charge in [-0.25, -0.2) is 4.98 Å². The molecule has 0 N–H and O–H groups in total. The second kappa shape index (κ2) is 3.82. The zero-order chi connectivity index (χ0) is 11.7. The SMILES string of the molecule is Cc1cccc2cc(C#N)c(N(C)C)nc12. The van der Waals surface area contributed by atoms with Gasteiger partial charge in [0.05, 0.1) is 11.1 Å². The van der Waals surface area contributed by atoms with Gasteiger partial charge in [0.1, 0.15) is 11.9 Å². The number of hydrogen-bond donors (Lipinski definition) is 0. The molecular weight excluding hydrogens is 198 g/mol. The van der Waals surface area contributed by atoms with Gasteiger partial charge in [-0.2, -0.15) is 5.26 Å². The minimum atomic E-state index is 0.614. The van der Waals surface area contributed by atoms with Gasteiger partial charge in [0.15, 0.2) is 0 Å². The van der Waals surface area contributed by atoms with Crippen LogP contribution in [0, 0.1) is 18.3 Å². The summed E-state index contributed by atoms with van der Waals surface area (Å²) >= 11 is 0. The summed E-state index contributed by atoms with van der Waals surface area (Å²) < 4.78 is 0. The van der Waals surface area contributed by atoms with E-state index < -0.39 is 0 Å². The molecule has 80 valence electrons. The third kappa shape index (κ3) is 1.59. The Morgan fingerprint density at radius 3 is 2.69 bits per heavy atom. The van der Waals surface area contributed by atoms with E-state index in [2.05, 4.69) is 11.1 Å². The fraction of sp³-hybridized carbons (Fsp3) is 0.231. The van der Waals surface area contributed by atoms with E-state index >= 15 is 0 Å². The predicted octanol–water partition coefficient (Wildman–Crippen LogP) is 2.48. The summed E-state index contributed by atoms with van der Waals surface area (Å²) in [6.45, 7) is 2.03. The Balaban J connectivity index is 2.82. The molecule has 1 aromatic heterocycles. The minimum absolute atomic E-state index is 0.614. The Bertz CT molecular complexity index is 579. The lowest BCUT2D eigenvalue weighted by molar-refractivity contribution is 1.07. The van der Waals surface area contributed by atoms with Crippen LogP contribution in [0.25, 0.3) is 10.9 Å². The van der Waals surface area contributed by atoms with Crippen LogP contribution in [0.2, 0.25) is 0 Å². The molecule has 3 heteroatoms. The molecule has 0 bridgehead atoms. The standard InChI is InChI=1S/C13H13N3/c1-9-5-4-6-10-7-11(8-14)13(16(2)3)15-12(9)10/h4-7H,1-3H3. The van der Waals surface area contributed by atoms with Crippen molar-refractivity contribution in [1.82, 2.24) is 4.98 Å². The molecule has 1 heterocycles. The van der Waals surface area contributed by atoms with Crippen molar-refractivity contribution in [1.29, 1.82) is 5.26 Å². The molecule has 0 aliphatic carbocycles. The predicted molar refractivity (Wildman–Crippen MR) is 65.5 cm³/mol. The molecule has 2 aromatic rings. The number of nitriles is 1. The lowest BCUT2D eigenvalue weighted by atomic mass is 10.1. The van der Waals surface area contributed by atoms with Crippen molar-refractivity contribution in [3.8, 4) is 6.07 Å². The third-order valence-corrected chi connectivity index (χ3v) is 2.57. The van der Waals surface area contributed by atoms with E-state index in [-0.39, 0.29) is 0 Å². The number of nitrogens with zero attached hydrogens (tertiary/aromatic N) is 3. The van der Waals surface area contributed by atoms with Crippen LogP contribution in [0.1, 0.15) is 11.1 Å². The van der Waals surface area contributed by atoms with Crippen molar-refractivity contribution in [3.05, 3.63) is 35.4 Å². The smallest absolute Gasteiger partial charge is 0.146 e. The van der Waals surface area contributed by atoms with Gasteiger partial charge in [-0.15, -0.1) is 0 Å². The molecule has 16 heavy (non-hydrogen) atoms. The van der Waals surface area contributed by atoms with Gasteiger partial charge in [0, 0.05) is 19.5 Å². The van der Waals surface area contributed by atoms with Crippen LogP contribution in [-0.2, 0) is 0 Å². The second-order valence-corrected chi connectivity index (χ2v) is 4.01. The van der Waals surface area contributed by atoms with Crippen molar-refractivity contribution in [3.63, 3.8) is 0 Å². The van der Waals surface area contributed by atoms with E-state index in [1.165, 1.54) is 0 Å². The topological polar surface area (TPSA) is 39.9 Å². The Kier molecular flexibility index (Phi) is 2.49. The molecule has 3 nitrogen and oxygen atoms in total. The van der Waals surface area contributed by atoms with Crippen LogP contribution in [0.4, 0.5) is 5.82 Å². The van der Waals surface area contributed by atoms with Crippen LogP contribution in [0.5, 0.6) is 0 Å². The Labute approximate surface area is 94.9 Å². The molecule has 0 unspecified atom stereocenters. The van der Waals surface area contributed by atoms with E-state index in [9.17, 15) is 0 Å². The van der Waals surface area contributed by atoms with Crippen molar-refractivity contribution < 1.29 is 0 Å². The molecule has 0 spiro atoms. The number of fused-ring (bicyclic) bond motifs is 1. The number of aromatic nitrogens is 1. The van der Waals surface area contributed by atoms with Gasteiger partial charge < -0.3 is 4.90 Å². The Morgan fingerprint density at radius 2 is 2.06 bits per heavy atom. The van der Waals surface area contributed by atoms with Gasteiger partial charge in [0.2, 0.25) is 0 Å². The largest absolute Gasteiger partial charge is 0.362 e. The summed E-state index contributed by atoms with van der Waals surface area (Å²) in [7, 11) is 3.79. The highest BCUT2D eigenvalue weighted by molar-refractivity contribution is 5.85. The highest BCUT2D eigenvalue weighted by Gasteiger charge is 2.09. The number of para-hydroxylation sites is 1. The van der Waals surface area contributed by atoms with Gasteiger partial charge in [-0.05, 0) is 18.6 Å². The number of benzene rings is 1. The molecule has 0 radical (unpaired) electrons. The van der Waals surface area contributed by atoms with E-state index in [1.54, 1.807) is 0 Å². The summed E-state index contributed by atoms with van der Waals surface area (Å²) in [6.07, 6.45) is 0. The molecule has 2 rings (SSSR count). The molecule has 0 saturated heterocycles. The summed E-state index contributed by atoms with van der Waals surface area (Å²) in [5.41, 5.74) is 2.71. The minimum Gasteiger partial charge on any atom is -0.362 e. The monoisotopic (exact) mass is 211 g/mol. The number of anilines is 1. The van der Waals surface area contributed by atoms with Crippen LogP contribution < -0.4 is 4.90 Å². The summed E-state index contributed by atoms with van der Waals surface area (Å²) in [5, 5.41) is 10.1. The maximum absolute atomic E-state index is 9.08.